The number of pyridine rings is 1. The van der Waals surface area contributed by atoms with E-state index in [1.54, 1.807) is 11.3 Å². The van der Waals surface area contributed by atoms with Gasteiger partial charge in [-0.3, -0.25) is 4.98 Å². The van der Waals surface area contributed by atoms with Gasteiger partial charge >= 0.3 is 0 Å². The topological polar surface area (TPSA) is 42.7 Å². The van der Waals surface area contributed by atoms with Crippen LogP contribution in [0.25, 0.3) is 20.9 Å². The lowest BCUT2D eigenvalue weighted by atomic mass is 10.3. The highest BCUT2D eigenvalue weighted by atomic mass is 32.1. The minimum atomic E-state index is 0.982. The van der Waals surface area contributed by atoms with E-state index in [1.165, 1.54) is 4.70 Å². The molecule has 0 atom stereocenters. The number of rotatable bonds is 2. The van der Waals surface area contributed by atoms with E-state index in [-0.39, 0.29) is 0 Å². The fourth-order valence-corrected chi connectivity index (χ4v) is 3.02. The number of nitrogens with zero attached hydrogens (tertiary/aromatic N) is 3. The van der Waals surface area contributed by atoms with Crippen molar-refractivity contribution in [3.63, 3.8) is 0 Å². The Morgan fingerprint density at radius 1 is 1.29 bits per heavy atom. The Kier molecular flexibility index (Phi) is 2.33. The average molecular weight is 244 g/mol. The van der Waals surface area contributed by atoms with Crippen LogP contribution in [0.5, 0.6) is 0 Å². The summed E-state index contributed by atoms with van der Waals surface area (Å²) in [7, 11) is 3.92. The van der Waals surface area contributed by atoms with Crippen molar-refractivity contribution < 1.29 is 0 Å². The molecule has 0 bridgehead atoms. The lowest BCUT2D eigenvalue weighted by Gasteiger charge is -1.99. The molecule has 0 radical (unpaired) electrons. The van der Waals surface area contributed by atoms with Gasteiger partial charge < -0.3 is 9.88 Å². The number of aryl methyl sites for hydroxylation is 1. The molecule has 0 saturated carbocycles. The normalized spacial score (nSPS) is 10.9. The van der Waals surface area contributed by atoms with Crippen LogP contribution in [0.3, 0.4) is 0 Å². The molecule has 0 fully saturated rings. The predicted octanol–water partition coefficient (Wildman–Crippen LogP) is 2.74. The third-order valence-corrected chi connectivity index (χ3v) is 3.88. The standard InChI is InChI=1S/C12H12N4S/c1-13-8-3-4-14-9-7-10(17-11(8)9)12-15-5-6-16(12)2/h3-7H,1-2H3,(H,13,14). The van der Waals surface area contributed by atoms with Crippen molar-refractivity contribution in [2.45, 2.75) is 0 Å². The van der Waals surface area contributed by atoms with Gasteiger partial charge in [0.15, 0.2) is 0 Å². The summed E-state index contributed by atoms with van der Waals surface area (Å²) in [5, 5.41) is 3.19. The third-order valence-electron chi connectivity index (χ3n) is 2.72. The summed E-state index contributed by atoms with van der Waals surface area (Å²) in [4.78, 5) is 9.89. The van der Waals surface area contributed by atoms with E-state index in [2.05, 4.69) is 21.4 Å². The quantitative estimate of drug-likeness (QED) is 0.753. The van der Waals surface area contributed by atoms with Crippen LogP contribution in [-0.2, 0) is 7.05 Å². The van der Waals surface area contributed by atoms with E-state index in [4.69, 9.17) is 0 Å². The van der Waals surface area contributed by atoms with Crippen LogP contribution in [0, 0.1) is 0 Å². The Balaban J connectivity index is 2.24. The minimum Gasteiger partial charge on any atom is -0.387 e. The SMILES string of the molecule is CNc1ccnc2cc(-c3nccn3C)sc12. The summed E-state index contributed by atoms with van der Waals surface area (Å²) in [6, 6.07) is 4.07. The number of aromatic nitrogens is 3. The molecule has 3 rings (SSSR count). The van der Waals surface area contributed by atoms with Gasteiger partial charge in [-0.25, -0.2) is 4.98 Å². The molecule has 0 amide bonds. The molecule has 0 unspecified atom stereocenters. The Hall–Kier alpha value is -1.88. The molecule has 17 heavy (non-hydrogen) atoms. The summed E-state index contributed by atoms with van der Waals surface area (Å²) in [5.41, 5.74) is 2.13. The van der Waals surface area contributed by atoms with Gasteiger partial charge in [-0.05, 0) is 12.1 Å². The van der Waals surface area contributed by atoms with Gasteiger partial charge in [-0.15, -0.1) is 11.3 Å². The van der Waals surface area contributed by atoms with Crippen LogP contribution in [0.15, 0.2) is 30.7 Å². The Labute approximate surface area is 103 Å². The number of thiophene rings is 1. The molecule has 86 valence electrons. The van der Waals surface area contributed by atoms with Crippen molar-refractivity contribution in [1.82, 2.24) is 14.5 Å². The van der Waals surface area contributed by atoms with Crippen LogP contribution in [0.1, 0.15) is 0 Å². The first-order valence-corrected chi connectivity index (χ1v) is 6.15. The third kappa shape index (κ3) is 1.59. The van der Waals surface area contributed by atoms with Crippen molar-refractivity contribution in [3.05, 3.63) is 30.7 Å². The number of hydrogen-bond donors (Lipinski definition) is 1. The molecule has 0 spiro atoms. The minimum absolute atomic E-state index is 0.982. The number of anilines is 1. The summed E-state index contributed by atoms with van der Waals surface area (Å²) in [5.74, 6) is 0.982. The van der Waals surface area contributed by atoms with Crippen LogP contribution in [0.2, 0.25) is 0 Å². The zero-order valence-corrected chi connectivity index (χ0v) is 10.5. The molecule has 0 aromatic carbocycles. The molecule has 0 aliphatic heterocycles. The van der Waals surface area contributed by atoms with Crippen molar-refractivity contribution in [2.75, 3.05) is 12.4 Å². The Morgan fingerprint density at radius 2 is 2.18 bits per heavy atom. The first-order chi connectivity index (χ1) is 8.29. The summed E-state index contributed by atoms with van der Waals surface area (Å²) in [6.07, 6.45) is 5.58. The highest BCUT2D eigenvalue weighted by Gasteiger charge is 2.10. The van der Waals surface area contributed by atoms with Gasteiger partial charge in [0.05, 0.1) is 20.8 Å². The van der Waals surface area contributed by atoms with E-state index in [9.17, 15) is 0 Å². The largest absolute Gasteiger partial charge is 0.387 e. The first-order valence-electron chi connectivity index (χ1n) is 5.33. The maximum Gasteiger partial charge on any atom is 0.149 e. The fraction of sp³-hybridized carbons (Fsp3) is 0.167. The molecule has 0 aliphatic carbocycles. The molecule has 3 heterocycles. The molecule has 4 nitrogen and oxygen atoms in total. The van der Waals surface area contributed by atoms with E-state index < -0.39 is 0 Å². The molecular weight excluding hydrogens is 232 g/mol. The van der Waals surface area contributed by atoms with E-state index in [0.717, 1.165) is 21.9 Å². The second-order valence-electron chi connectivity index (χ2n) is 3.80. The van der Waals surface area contributed by atoms with Crippen molar-refractivity contribution in [1.29, 1.82) is 0 Å². The maximum atomic E-state index is 4.38. The number of imidazole rings is 1. The maximum absolute atomic E-state index is 4.38. The van der Waals surface area contributed by atoms with Gasteiger partial charge in [-0.1, -0.05) is 0 Å². The van der Waals surface area contributed by atoms with Crippen molar-refractivity contribution in [3.8, 4) is 10.7 Å². The Bertz CT molecular complexity index is 668. The summed E-state index contributed by atoms with van der Waals surface area (Å²) < 4.78 is 3.19. The Morgan fingerprint density at radius 3 is 2.88 bits per heavy atom. The van der Waals surface area contributed by atoms with E-state index in [1.807, 2.05) is 43.3 Å². The smallest absolute Gasteiger partial charge is 0.149 e. The van der Waals surface area contributed by atoms with Crippen LogP contribution in [-0.4, -0.2) is 21.6 Å². The fourth-order valence-electron chi connectivity index (χ4n) is 1.85. The first kappa shape index (κ1) is 10.3. The van der Waals surface area contributed by atoms with Gasteiger partial charge in [0.1, 0.15) is 5.82 Å². The van der Waals surface area contributed by atoms with Crippen LogP contribution < -0.4 is 5.32 Å². The average Bonchev–Trinajstić information content (AvgIpc) is 2.93. The molecule has 1 N–H and O–H groups in total. The molecule has 3 aromatic heterocycles. The number of fused-ring (bicyclic) bond motifs is 1. The monoisotopic (exact) mass is 244 g/mol. The molecule has 3 aromatic rings. The molecule has 5 heteroatoms. The van der Waals surface area contributed by atoms with Crippen molar-refractivity contribution >= 4 is 27.2 Å². The zero-order valence-electron chi connectivity index (χ0n) is 9.64. The van der Waals surface area contributed by atoms with Crippen LogP contribution >= 0.6 is 11.3 Å². The van der Waals surface area contributed by atoms with Gasteiger partial charge in [0.25, 0.3) is 0 Å². The molecular formula is C12H12N4S. The highest BCUT2D eigenvalue weighted by Crippen LogP contribution is 2.35. The molecule has 0 saturated heterocycles. The predicted molar refractivity (Wildman–Crippen MR) is 71.4 cm³/mol. The van der Waals surface area contributed by atoms with Gasteiger partial charge in [0.2, 0.25) is 0 Å². The summed E-state index contributed by atoms with van der Waals surface area (Å²) in [6.45, 7) is 0. The molecule has 0 aliphatic rings. The lowest BCUT2D eigenvalue weighted by molar-refractivity contribution is 0.928. The lowest BCUT2D eigenvalue weighted by Crippen LogP contribution is -1.87. The second kappa shape index (κ2) is 3.85. The number of hydrogen-bond acceptors (Lipinski definition) is 4. The zero-order chi connectivity index (χ0) is 11.8. The summed E-state index contributed by atoms with van der Waals surface area (Å²) >= 11 is 1.71. The van der Waals surface area contributed by atoms with Gasteiger partial charge in [0, 0.05) is 32.7 Å². The highest BCUT2D eigenvalue weighted by molar-refractivity contribution is 7.22. The van der Waals surface area contributed by atoms with Crippen molar-refractivity contribution in [2.24, 2.45) is 7.05 Å². The van der Waals surface area contributed by atoms with E-state index in [0.29, 0.717) is 0 Å². The number of nitrogens with one attached hydrogen (secondary N) is 1. The van der Waals surface area contributed by atoms with E-state index >= 15 is 0 Å². The second-order valence-corrected chi connectivity index (χ2v) is 4.85. The van der Waals surface area contributed by atoms with Crippen LogP contribution in [0.4, 0.5) is 5.69 Å². The van der Waals surface area contributed by atoms with Gasteiger partial charge in [-0.2, -0.15) is 0 Å².